The zero-order chi connectivity index (χ0) is 16.1. The first-order valence-electron chi connectivity index (χ1n) is 6.82. The molecule has 1 heterocycles. The summed E-state index contributed by atoms with van der Waals surface area (Å²) in [5, 5.41) is 20.1. The topological polar surface area (TPSA) is 78.2 Å². The van der Waals surface area contributed by atoms with Crippen LogP contribution < -0.4 is 5.11 Å². The van der Waals surface area contributed by atoms with Gasteiger partial charge in [-0.2, -0.15) is 0 Å². The second-order valence-electron chi connectivity index (χ2n) is 4.76. The highest BCUT2D eigenvalue weighted by molar-refractivity contribution is 8.00. The van der Waals surface area contributed by atoms with Crippen molar-refractivity contribution >= 4 is 17.7 Å². The van der Waals surface area contributed by atoms with Crippen molar-refractivity contribution < 1.29 is 19.4 Å². The second-order valence-corrected chi connectivity index (χ2v) is 5.93. The van der Waals surface area contributed by atoms with Gasteiger partial charge >= 0.3 is 0 Å². The third-order valence-corrected chi connectivity index (χ3v) is 4.45. The Morgan fingerprint density at radius 1 is 1.45 bits per heavy atom. The fourth-order valence-electron chi connectivity index (χ4n) is 1.95. The molecule has 0 amide bonds. The van der Waals surface area contributed by atoms with E-state index in [9.17, 15) is 19.4 Å². The summed E-state index contributed by atoms with van der Waals surface area (Å²) in [5.74, 6) is -1.46. The minimum Gasteiger partial charge on any atom is -0.549 e. The second kappa shape index (κ2) is 7.42. The number of aliphatic hydroxyl groups is 1. The minimum absolute atomic E-state index is 0.230. The number of carboxylic acids is 1. The van der Waals surface area contributed by atoms with E-state index in [0.717, 1.165) is 17.3 Å². The number of aliphatic hydroxyl groups excluding tert-OH is 1. The molecule has 0 aliphatic carbocycles. The molecule has 0 fully saturated rings. The highest BCUT2D eigenvalue weighted by Gasteiger charge is 2.15. The quantitative estimate of drug-likeness (QED) is 0.774. The Morgan fingerprint density at radius 3 is 2.68 bits per heavy atom. The minimum atomic E-state index is -1.14. The molecule has 7 heteroatoms. The van der Waals surface area contributed by atoms with Crippen LogP contribution in [-0.4, -0.2) is 25.9 Å². The molecule has 2 rings (SSSR count). The van der Waals surface area contributed by atoms with E-state index >= 15 is 0 Å². The molecule has 0 radical (unpaired) electrons. The van der Waals surface area contributed by atoms with Gasteiger partial charge in [-0.05, 0) is 24.1 Å². The fraction of sp³-hybridized carbons (Fsp3) is 0.333. The first kappa shape index (κ1) is 16.5. The number of thioether (sulfide) groups is 1. The Hall–Kier alpha value is -1.86. The third-order valence-electron chi connectivity index (χ3n) is 3.10. The number of carbonyl (C=O) groups excluding carboxylic acids is 1. The van der Waals surface area contributed by atoms with Gasteiger partial charge in [0.15, 0.2) is 5.16 Å². The number of carbonyl (C=O) groups is 1. The molecule has 0 unspecified atom stereocenters. The molecule has 1 atom stereocenters. The molecule has 22 heavy (non-hydrogen) atoms. The van der Waals surface area contributed by atoms with Gasteiger partial charge in [0.1, 0.15) is 5.82 Å². The van der Waals surface area contributed by atoms with Gasteiger partial charge in [0.05, 0.1) is 23.5 Å². The van der Waals surface area contributed by atoms with Gasteiger partial charge < -0.3 is 19.6 Å². The molecule has 0 saturated carbocycles. The Labute approximate surface area is 131 Å². The van der Waals surface area contributed by atoms with Gasteiger partial charge in [-0.3, -0.25) is 0 Å². The molecule has 5 nitrogen and oxygen atoms in total. The maximum Gasteiger partial charge on any atom is 0.169 e. The van der Waals surface area contributed by atoms with Crippen molar-refractivity contribution in [1.29, 1.82) is 0 Å². The van der Waals surface area contributed by atoms with E-state index in [4.69, 9.17) is 0 Å². The average Bonchev–Trinajstić information content (AvgIpc) is 2.88. The van der Waals surface area contributed by atoms with Crippen LogP contribution in [0.3, 0.4) is 0 Å². The van der Waals surface area contributed by atoms with E-state index < -0.39 is 11.2 Å². The van der Waals surface area contributed by atoms with Gasteiger partial charge in [0.2, 0.25) is 0 Å². The lowest BCUT2D eigenvalue weighted by molar-refractivity contribution is -0.304. The molecule has 0 aliphatic rings. The molecule has 0 saturated heterocycles. The van der Waals surface area contributed by atoms with E-state index in [1.165, 1.54) is 12.1 Å². The number of aliphatic carboxylic acids is 1. The number of hydrogen-bond acceptors (Lipinski definition) is 5. The van der Waals surface area contributed by atoms with Crippen molar-refractivity contribution in [3.05, 3.63) is 47.5 Å². The number of benzene rings is 1. The zero-order valence-electron chi connectivity index (χ0n) is 12.0. The smallest absolute Gasteiger partial charge is 0.169 e. The molecule has 1 aromatic heterocycles. The number of halogens is 1. The summed E-state index contributed by atoms with van der Waals surface area (Å²) >= 11 is 1.09. The summed E-state index contributed by atoms with van der Waals surface area (Å²) in [4.78, 5) is 15.3. The van der Waals surface area contributed by atoms with Crippen LogP contribution in [0.1, 0.15) is 24.6 Å². The number of rotatable bonds is 7. The lowest BCUT2D eigenvalue weighted by Crippen LogP contribution is -2.33. The first-order chi connectivity index (χ1) is 10.5. The fourth-order valence-corrected chi connectivity index (χ4v) is 2.89. The van der Waals surface area contributed by atoms with Crippen molar-refractivity contribution in [2.45, 2.75) is 36.9 Å². The molecule has 2 aromatic rings. The van der Waals surface area contributed by atoms with Crippen molar-refractivity contribution in [3.8, 4) is 0 Å². The van der Waals surface area contributed by atoms with E-state index in [0.29, 0.717) is 23.8 Å². The number of imidazole rings is 1. The van der Waals surface area contributed by atoms with Crippen LogP contribution in [0.15, 0.2) is 35.6 Å². The third kappa shape index (κ3) is 4.08. The predicted molar refractivity (Wildman–Crippen MR) is 78.6 cm³/mol. The van der Waals surface area contributed by atoms with Crippen molar-refractivity contribution in [2.24, 2.45) is 0 Å². The van der Waals surface area contributed by atoms with Crippen LogP contribution in [-0.2, 0) is 17.9 Å². The van der Waals surface area contributed by atoms with E-state index in [1.807, 2.05) is 0 Å². The highest BCUT2D eigenvalue weighted by atomic mass is 32.2. The molecular weight excluding hydrogens is 307 g/mol. The zero-order valence-corrected chi connectivity index (χ0v) is 12.8. The van der Waals surface area contributed by atoms with Crippen molar-refractivity contribution in [1.82, 2.24) is 9.55 Å². The molecule has 1 N–H and O–H groups in total. The number of carboxylic acid groups (broad SMARTS) is 1. The van der Waals surface area contributed by atoms with Crippen LogP contribution >= 0.6 is 11.8 Å². The van der Waals surface area contributed by atoms with Crippen molar-refractivity contribution in [2.75, 3.05) is 0 Å². The van der Waals surface area contributed by atoms with Gasteiger partial charge in [-0.25, -0.2) is 9.37 Å². The standard InChI is InChI=1S/C15H17FN2O3S/c1-2-13(14(20)21)22-15-17-12(9-19)8-18(15)7-10-3-5-11(16)6-4-10/h3-6,8,13,19H,2,7,9H2,1H3,(H,20,21)/p-1/t13-/m0/s1. The van der Waals surface area contributed by atoms with Gasteiger partial charge in [0.25, 0.3) is 0 Å². The Kier molecular flexibility index (Phi) is 5.57. The number of aromatic nitrogens is 2. The van der Waals surface area contributed by atoms with E-state index in [-0.39, 0.29) is 12.4 Å². The van der Waals surface area contributed by atoms with Crippen LogP contribution in [0, 0.1) is 5.82 Å². The summed E-state index contributed by atoms with van der Waals surface area (Å²) in [6.07, 6.45) is 2.07. The summed E-state index contributed by atoms with van der Waals surface area (Å²) in [5.41, 5.74) is 1.31. The summed E-state index contributed by atoms with van der Waals surface area (Å²) in [6.45, 7) is 1.94. The van der Waals surface area contributed by atoms with Crippen molar-refractivity contribution in [3.63, 3.8) is 0 Å². The summed E-state index contributed by atoms with van der Waals surface area (Å²) < 4.78 is 14.7. The molecule has 0 aliphatic heterocycles. The normalized spacial score (nSPS) is 12.3. The molecule has 118 valence electrons. The Balaban J connectivity index is 2.24. The van der Waals surface area contributed by atoms with Crippen LogP contribution in [0.5, 0.6) is 0 Å². The summed E-state index contributed by atoms with van der Waals surface area (Å²) in [6, 6.07) is 6.03. The van der Waals surface area contributed by atoms with Gasteiger partial charge in [0, 0.05) is 12.7 Å². The molecule has 1 aromatic carbocycles. The summed E-state index contributed by atoms with van der Waals surface area (Å²) in [7, 11) is 0. The number of nitrogens with zero attached hydrogens (tertiary/aromatic N) is 2. The lowest BCUT2D eigenvalue weighted by Gasteiger charge is -2.15. The molecular formula is C15H16FN2O3S-. The average molecular weight is 323 g/mol. The predicted octanol–water partition coefficient (Wildman–Crippen LogP) is 1.18. The van der Waals surface area contributed by atoms with E-state index in [1.54, 1.807) is 29.8 Å². The number of hydrogen-bond donors (Lipinski definition) is 1. The Morgan fingerprint density at radius 2 is 2.14 bits per heavy atom. The van der Waals surface area contributed by atoms with Gasteiger partial charge in [-0.15, -0.1) is 0 Å². The monoisotopic (exact) mass is 323 g/mol. The largest absolute Gasteiger partial charge is 0.549 e. The van der Waals surface area contributed by atoms with Crippen LogP contribution in [0.25, 0.3) is 0 Å². The van der Waals surface area contributed by atoms with Crippen LogP contribution in [0.4, 0.5) is 4.39 Å². The maximum absolute atomic E-state index is 12.9. The van der Waals surface area contributed by atoms with E-state index in [2.05, 4.69) is 4.98 Å². The first-order valence-corrected chi connectivity index (χ1v) is 7.70. The maximum atomic E-state index is 12.9. The Bertz CT molecular complexity index is 643. The lowest BCUT2D eigenvalue weighted by atomic mass is 10.2. The molecule has 0 bridgehead atoms. The van der Waals surface area contributed by atoms with Gasteiger partial charge in [-0.1, -0.05) is 30.8 Å². The highest BCUT2D eigenvalue weighted by Crippen LogP contribution is 2.25. The SMILES string of the molecule is CC[C@H](Sc1nc(CO)cn1Cc1ccc(F)cc1)C(=O)[O-]. The molecule has 0 spiro atoms. The van der Waals surface area contributed by atoms with Crippen LogP contribution in [0.2, 0.25) is 0 Å².